The molecule has 1 fully saturated rings. The highest BCUT2D eigenvalue weighted by molar-refractivity contribution is 7.10. The van der Waals surface area contributed by atoms with Gasteiger partial charge in [-0.15, -0.1) is 11.3 Å². The van der Waals surface area contributed by atoms with Gasteiger partial charge in [0.25, 0.3) is 5.91 Å². The highest BCUT2D eigenvalue weighted by atomic mass is 32.1. The Morgan fingerprint density at radius 1 is 1.53 bits per heavy atom. The van der Waals surface area contributed by atoms with E-state index in [0.717, 1.165) is 4.88 Å². The first kappa shape index (κ1) is 13.5. The van der Waals surface area contributed by atoms with Crippen molar-refractivity contribution in [3.63, 3.8) is 0 Å². The van der Waals surface area contributed by atoms with Crippen LogP contribution in [0.4, 0.5) is 4.79 Å². The fraction of sp³-hybridized carbons (Fsp3) is 0.417. The molecule has 4 amide bonds. The van der Waals surface area contributed by atoms with Crippen molar-refractivity contribution in [2.45, 2.75) is 25.4 Å². The largest absolute Gasteiger partial charge is 0.338 e. The van der Waals surface area contributed by atoms with E-state index < -0.39 is 18.0 Å². The number of nitrogens with zero attached hydrogens (tertiary/aromatic N) is 1. The first-order valence-corrected chi connectivity index (χ1v) is 6.77. The third-order valence-corrected chi connectivity index (χ3v) is 4.21. The number of rotatable bonds is 4. The van der Waals surface area contributed by atoms with Crippen LogP contribution in [0.15, 0.2) is 17.5 Å². The Labute approximate surface area is 114 Å². The number of hydrogen-bond acceptors (Lipinski definition) is 4. The molecule has 0 aromatic carbocycles. The van der Waals surface area contributed by atoms with Gasteiger partial charge < -0.3 is 10.2 Å². The summed E-state index contributed by atoms with van der Waals surface area (Å²) in [5.74, 6) is -0.626. The minimum atomic E-state index is -0.766. The van der Waals surface area contributed by atoms with Crippen LogP contribution >= 0.6 is 11.3 Å². The molecular weight excluding hydrogens is 266 g/mol. The number of nitrogens with one attached hydrogen (secondary N) is 2. The minimum absolute atomic E-state index is 0.0240. The van der Waals surface area contributed by atoms with E-state index in [9.17, 15) is 14.4 Å². The molecule has 102 valence electrons. The van der Waals surface area contributed by atoms with Gasteiger partial charge in [-0.1, -0.05) is 6.07 Å². The van der Waals surface area contributed by atoms with Gasteiger partial charge in [0, 0.05) is 11.9 Å². The second-order valence-electron chi connectivity index (χ2n) is 4.42. The first-order valence-electron chi connectivity index (χ1n) is 5.89. The van der Waals surface area contributed by atoms with E-state index in [4.69, 9.17) is 0 Å². The summed E-state index contributed by atoms with van der Waals surface area (Å²) in [7, 11) is 1.70. The first-order chi connectivity index (χ1) is 8.99. The standard InChI is InChI=1S/C12H15N3O3S/c1-7(9-4-3-5-19-9)15(2)10(16)6-8-11(17)14-12(18)13-8/h3-5,7-8H,6H2,1-2H3,(H2,13,14,17,18)/t7-,8-/m0/s1. The number of carbonyl (C=O) groups excluding carboxylic acids is 3. The van der Waals surface area contributed by atoms with Crippen molar-refractivity contribution >= 4 is 29.2 Å². The van der Waals surface area contributed by atoms with Crippen LogP contribution in [0, 0.1) is 0 Å². The molecule has 2 rings (SSSR count). The van der Waals surface area contributed by atoms with Gasteiger partial charge in [-0.2, -0.15) is 0 Å². The molecule has 6 nitrogen and oxygen atoms in total. The van der Waals surface area contributed by atoms with Crippen LogP contribution in [0.25, 0.3) is 0 Å². The van der Waals surface area contributed by atoms with Gasteiger partial charge >= 0.3 is 6.03 Å². The Hall–Kier alpha value is -1.89. The maximum atomic E-state index is 12.1. The van der Waals surface area contributed by atoms with E-state index in [1.165, 1.54) is 0 Å². The zero-order valence-electron chi connectivity index (χ0n) is 10.7. The normalized spacial score (nSPS) is 19.8. The van der Waals surface area contributed by atoms with Gasteiger partial charge in [0.05, 0.1) is 12.5 Å². The van der Waals surface area contributed by atoms with Crippen LogP contribution in [0.2, 0.25) is 0 Å². The highest BCUT2D eigenvalue weighted by Crippen LogP contribution is 2.24. The summed E-state index contributed by atoms with van der Waals surface area (Å²) >= 11 is 1.58. The van der Waals surface area contributed by atoms with E-state index >= 15 is 0 Å². The molecule has 1 aliphatic rings. The molecule has 0 spiro atoms. The molecular formula is C12H15N3O3S. The van der Waals surface area contributed by atoms with Crippen LogP contribution in [-0.4, -0.2) is 35.8 Å². The van der Waals surface area contributed by atoms with Crippen molar-refractivity contribution in [3.05, 3.63) is 22.4 Å². The molecule has 0 unspecified atom stereocenters. The van der Waals surface area contributed by atoms with E-state index in [1.54, 1.807) is 23.3 Å². The second kappa shape index (κ2) is 5.40. The molecule has 2 heterocycles. The topological polar surface area (TPSA) is 78.5 Å². The van der Waals surface area contributed by atoms with Crippen molar-refractivity contribution in [1.82, 2.24) is 15.5 Å². The lowest BCUT2D eigenvalue weighted by atomic mass is 10.1. The molecule has 0 aliphatic carbocycles. The fourth-order valence-electron chi connectivity index (χ4n) is 1.86. The van der Waals surface area contributed by atoms with Crippen LogP contribution in [0.5, 0.6) is 0 Å². The summed E-state index contributed by atoms with van der Waals surface area (Å²) in [4.78, 5) is 37.1. The monoisotopic (exact) mass is 281 g/mol. The van der Waals surface area contributed by atoms with Crippen molar-refractivity contribution in [3.8, 4) is 0 Å². The van der Waals surface area contributed by atoms with Crippen molar-refractivity contribution in [2.24, 2.45) is 0 Å². The maximum Gasteiger partial charge on any atom is 0.322 e. The third-order valence-electron chi connectivity index (χ3n) is 3.17. The lowest BCUT2D eigenvalue weighted by Crippen LogP contribution is -2.38. The van der Waals surface area contributed by atoms with Gasteiger partial charge in [0.15, 0.2) is 0 Å². The van der Waals surface area contributed by atoms with E-state index in [0.29, 0.717) is 0 Å². The Morgan fingerprint density at radius 3 is 2.79 bits per heavy atom. The Bertz CT molecular complexity index is 500. The molecule has 1 aliphatic heterocycles. The summed E-state index contributed by atoms with van der Waals surface area (Å²) in [5.41, 5.74) is 0. The molecule has 2 N–H and O–H groups in total. The third kappa shape index (κ3) is 2.93. The maximum absolute atomic E-state index is 12.1. The summed E-state index contributed by atoms with van der Waals surface area (Å²) in [6, 6.07) is 2.53. The zero-order chi connectivity index (χ0) is 14.0. The predicted molar refractivity (Wildman–Crippen MR) is 70.6 cm³/mol. The lowest BCUT2D eigenvalue weighted by Gasteiger charge is -2.24. The van der Waals surface area contributed by atoms with Crippen molar-refractivity contribution in [2.75, 3.05) is 7.05 Å². The van der Waals surface area contributed by atoms with Gasteiger partial charge in [-0.25, -0.2) is 4.79 Å². The van der Waals surface area contributed by atoms with Crippen LogP contribution < -0.4 is 10.6 Å². The molecule has 7 heteroatoms. The minimum Gasteiger partial charge on any atom is -0.338 e. The van der Waals surface area contributed by atoms with E-state index in [2.05, 4.69) is 10.6 Å². The Kier molecular flexibility index (Phi) is 3.84. The van der Waals surface area contributed by atoms with Gasteiger partial charge in [0.2, 0.25) is 5.91 Å². The molecule has 1 saturated heterocycles. The molecule has 2 atom stereocenters. The summed E-state index contributed by atoms with van der Waals surface area (Å²) < 4.78 is 0. The number of thiophene rings is 1. The van der Waals surface area contributed by atoms with Crippen LogP contribution in [0.1, 0.15) is 24.3 Å². The second-order valence-corrected chi connectivity index (χ2v) is 5.39. The van der Waals surface area contributed by atoms with E-state index in [1.807, 2.05) is 24.4 Å². The molecule has 0 radical (unpaired) electrons. The molecule has 19 heavy (non-hydrogen) atoms. The molecule has 0 saturated carbocycles. The molecule has 1 aromatic heterocycles. The SMILES string of the molecule is C[C@@H](c1cccs1)N(C)C(=O)C[C@@H]1NC(=O)NC1=O. The smallest absolute Gasteiger partial charge is 0.322 e. The van der Waals surface area contributed by atoms with Gasteiger partial charge in [-0.3, -0.25) is 14.9 Å². The molecule has 1 aromatic rings. The average molecular weight is 281 g/mol. The predicted octanol–water partition coefficient (Wildman–Crippen LogP) is 0.866. The Balaban J connectivity index is 1.96. The zero-order valence-corrected chi connectivity index (χ0v) is 11.5. The fourth-order valence-corrected chi connectivity index (χ4v) is 2.68. The quantitative estimate of drug-likeness (QED) is 0.804. The highest BCUT2D eigenvalue weighted by Gasteiger charge is 2.32. The van der Waals surface area contributed by atoms with Crippen molar-refractivity contribution in [1.29, 1.82) is 0 Å². The summed E-state index contributed by atoms with van der Waals surface area (Å²) in [6.45, 7) is 1.93. The summed E-state index contributed by atoms with van der Waals surface area (Å²) in [5, 5.41) is 6.48. The number of imide groups is 1. The number of hydrogen-bond donors (Lipinski definition) is 2. The average Bonchev–Trinajstić information content (AvgIpc) is 2.98. The van der Waals surface area contributed by atoms with Gasteiger partial charge in [0.1, 0.15) is 6.04 Å². The van der Waals surface area contributed by atoms with E-state index in [-0.39, 0.29) is 18.4 Å². The van der Waals surface area contributed by atoms with Gasteiger partial charge in [-0.05, 0) is 18.4 Å². The summed E-state index contributed by atoms with van der Waals surface area (Å²) in [6.07, 6.45) is -0.0240. The van der Waals surface area contributed by atoms with Crippen LogP contribution in [-0.2, 0) is 9.59 Å². The number of urea groups is 1. The Morgan fingerprint density at radius 2 is 2.26 bits per heavy atom. The lowest BCUT2D eigenvalue weighted by molar-refractivity contribution is -0.134. The number of carbonyl (C=O) groups is 3. The van der Waals surface area contributed by atoms with Crippen LogP contribution in [0.3, 0.4) is 0 Å². The molecule has 0 bridgehead atoms. The number of amides is 4. The van der Waals surface area contributed by atoms with Crippen molar-refractivity contribution < 1.29 is 14.4 Å².